The summed E-state index contributed by atoms with van der Waals surface area (Å²) in [4.78, 5) is 23.2. The number of ether oxygens (including phenoxy) is 2. The molecule has 0 saturated carbocycles. The number of benzene rings is 1. The van der Waals surface area contributed by atoms with Crippen molar-refractivity contribution in [2.24, 2.45) is 0 Å². The Morgan fingerprint density at radius 1 is 1.53 bits per heavy atom. The smallest absolute Gasteiger partial charge is 0.342 e. The summed E-state index contributed by atoms with van der Waals surface area (Å²) in [5, 5.41) is 9.64. The first-order valence-corrected chi connectivity index (χ1v) is 5.18. The van der Waals surface area contributed by atoms with Gasteiger partial charge in [-0.15, -0.1) is 0 Å². The topological polar surface area (TPSA) is 72.8 Å². The molecular weight excluding hydrogens is 224 g/mol. The van der Waals surface area contributed by atoms with E-state index < -0.39 is 11.9 Å². The van der Waals surface area contributed by atoms with Crippen LogP contribution in [0.25, 0.3) is 0 Å². The minimum absolute atomic E-state index is 0.0611. The lowest BCUT2D eigenvalue weighted by Gasteiger charge is -2.23. The number of phenols is 1. The van der Waals surface area contributed by atoms with Gasteiger partial charge in [-0.3, -0.25) is 0 Å². The monoisotopic (exact) mass is 236 g/mol. The van der Waals surface area contributed by atoms with Crippen LogP contribution in [0.1, 0.15) is 33.2 Å². The van der Waals surface area contributed by atoms with Gasteiger partial charge >= 0.3 is 11.9 Å². The van der Waals surface area contributed by atoms with Crippen LogP contribution in [-0.2, 0) is 15.9 Å². The van der Waals surface area contributed by atoms with Gasteiger partial charge in [0.25, 0.3) is 0 Å². The van der Waals surface area contributed by atoms with Crippen molar-refractivity contribution in [2.75, 3.05) is 7.11 Å². The number of carbonyl (C=O) groups is 2. The second-order valence-corrected chi connectivity index (χ2v) is 3.90. The van der Waals surface area contributed by atoms with E-state index in [1.807, 2.05) is 0 Å². The number of esters is 2. The standard InChI is InChI=1S/C12H12O5/c1-6-5-8-7(11(14)16-2)3-4-9(13)10(8)12(15)17-6/h3-4,6,13H,5H2,1-2H3/t6-/m1/s1. The largest absolute Gasteiger partial charge is 0.507 e. The molecule has 0 amide bonds. The van der Waals surface area contributed by atoms with Gasteiger partial charge in [-0.25, -0.2) is 9.59 Å². The molecule has 1 aliphatic rings. The van der Waals surface area contributed by atoms with Crippen molar-refractivity contribution in [1.29, 1.82) is 0 Å². The van der Waals surface area contributed by atoms with Gasteiger partial charge in [-0.2, -0.15) is 0 Å². The summed E-state index contributed by atoms with van der Waals surface area (Å²) in [6.07, 6.45) is 0.0695. The minimum Gasteiger partial charge on any atom is -0.507 e. The predicted molar refractivity (Wildman–Crippen MR) is 58.0 cm³/mol. The van der Waals surface area contributed by atoms with Crippen LogP contribution < -0.4 is 0 Å². The molecule has 0 spiro atoms. The maximum absolute atomic E-state index is 11.6. The van der Waals surface area contributed by atoms with Gasteiger partial charge in [0.15, 0.2) is 0 Å². The van der Waals surface area contributed by atoms with Gasteiger partial charge in [0.1, 0.15) is 17.4 Å². The number of rotatable bonds is 1. The number of methoxy groups -OCH3 is 1. The van der Waals surface area contributed by atoms with Crippen LogP contribution in [0, 0.1) is 0 Å². The average molecular weight is 236 g/mol. The zero-order chi connectivity index (χ0) is 12.6. The molecular formula is C12H12O5. The summed E-state index contributed by atoms with van der Waals surface area (Å²) < 4.78 is 9.65. The molecule has 0 fully saturated rings. The lowest BCUT2D eigenvalue weighted by atomic mass is 9.93. The van der Waals surface area contributed by atoms with E-state index in [9.17, 15) is 14.7 Å². The summed E-state index contributed by atoms with van der Waals surface area (Å²) in [7, 11) is 1.27. The van der Waals surface area contributed by atoms with Gasteiger partial charge in [-0.05, 0) is 24.6 Å². The first kappa shape index (κ1) is 11.4. The van der Waals surface area contributed by atoms with Crippen LogP contribution in [0.5, 0.6) is 5.75 Å². The molecule has 0 unspecified atom stereocenters. The molecule has 1 aromatic carbocycles. The van der Waals surface area contributed by atoms with Crippen LogP contribution in [0.2, 0.25) is 0 Å². The maximum Gasteiger partial charge on any atom is 0.342 e. The molecule has 0 saturated heterocycles. The van der Waals surface area contributed by atoms with E-state index >= 15 is 0 Å². The number of aromatic hydroxyl groups is 1. The van der Waals surface area contributed by atoms with Crippen LogP contribution in [-0.4, -0.2) is 30.3 Å². The van der Waals surface area contributed by atoms with Crippen molar-refractivity contribution in [3.05, 3.63) is 28.8 Å². The van der Waals surface area contributed by atoms with Crippen LogP contribution in [0.4, 0.5) is 0 Å². The molecule has 5 nitrogen and oxygen atoms in total. The lowest BCUT2D eigenvalue weighted by Crippen LogP contribution is -2.27. The molecule has 1 heterocycles. The van der Waals surface area contributed by atoms with E-state index in [0.29, 0.717) is 17.5 Å². The van der Waals surface area contributed by atoms with Crippen molar-refractivity contribution in [3.63, 3.8) is 0 Å². The van der Waals surface area contributed by atoms with E-state index in [-0.39, 0.29) is 17.4 Å². The zero-order valence-electron chi connectivity index (χ0n) is 9.52. The molecule has 1 aliphatic heterocycles. The third kappa shape index (κ3) is 1.84. The average Bonchev–Trinajstić information content (AvgIpc) is 2.27. The molecule has 0 radical (unpaired) electrons. The molecule has 1 aromatic rings. The van der Waals surface area contributed by atoms with Crippen molar-refractivity contribution in [3.8, 4) is 5.75 Å². The number of hydrogen-bond acceptors (Lipinski definition) is 5. The fourth-order valence-corrected chi connectivity index (χ4v) is 1.95. The van der Waals surface area contributed by atoms with Crippen LogP contribution in [0.3, 0.4) is 0 Å². The van der Waals surface area contributed by atoms with E-state index in [2.05, 4.69) is 4.74 Å². The number of fused-ring (bicyclic) bond motifs is 1. The van der Waals surface area contributed by atoms with Gasteiger partial charge < -0.3 is 14.6 Å². The summed E-state index contributed by atoms with van der Waals surface area (Å²) >= 11 is 0. The van der Waals surface area contributed by atoms with Crippen molar-refractivity contribution >= 4 is 11.9 Å². The Labute approximate surface area is 98.0 Å². The van der Waals surface area contributed by atoms with E-state index in [4.69, 9.17) is 4.74 Å². The first-order chi connectivity index (χ1) is 8.04. The highest BCUT2D eigenvalue weighted by Crippen LogP contribution is 2.31. The van der Waals surface area contributed by atoms with Gasteiger partial charge in [0.2, 0.25) is 0 Å². The molecule has 0 aromatic heterocycles. The van der Waals surface area contributed by atoms with Gasteiger partial charge in [0, 0.05) is 6.42 Å². The Hall–Kier alpha value is -2.04. The van der Waals surface area contributed by atoms with E-state index in [0.717, 1.165) is 0 Å². The second kappa shape index (κ2) is 4.08. The predicted octanol–water partition coefficient (Wildman–Crippen LogP) is 1.28. The normalized spacial score (nSPS) is 18.2. The van der Waals surface area contributed by atoms with Crippen molar-refractivity contribution < 1.29 is 24.2 Å². The minimum atomic E-state index is -0.609. The third-order valence-corrected chi connectivity index (χ3v) is 2.70. The second-order valence-electron chi connectivity index (χ2n) is 3.90. The SMILES string of the molecule is COC(=O)c1ccc(O)c2c1C[C@@H](C)OC2=O. The summed E-state index contributed by atoms with van der Waals surface area (Å²) in [6.45, 7) is 1.73. The number of cyclic esters (lactones) is 1. The molecule has 17 heavy (non-hydrogen) atoms. The van der Waals surface area contributed by atoms with Crippen molar-refractivity contribution in [2.45, 2.75) is 19.4 Å². The van der Waals surface area contributed by atoms with Gasteiger partial charge in [0.05, 0.1) is 12.7 Å². The fraction of sp³-hybridized carbons (Fsp3) is 0.333. The summed E-state index contributed by atoms with van der Waals surface area (Å²) in [5.41, 5.74) is 0.843. The lowest BCUT2D eigenvalue weighted by molar-refractivity contribution is 0.0295. The summed E-state index contributed by atoms with van der Waals surface area (Å²) in [6, 6.07) is 2.74. The number of carbonyl (C=O) groups excluding carboxylic acids is 2. The van der Waals surface area contributed by atoms with Crippen molar-refractivity contribution in [1.82, 2.24) is 0 Å². The summed E-state index contributed by atoms with van der Waals surface area (Å²) in [5.74, 6) is -1.31. The number of phenolic OH excluding ortho intramolecular Hbond substituents is 1. The van der Waals surface area contributed by atoms with Gasteiger partial charge in [-0.1, -0.05) is 0 Å². The third-order valence-electron chi connectivity index (χ3n) is 2.70. The molecule has 2 rings (SSSR count). The Kier molecular flexibility index (Phi) is 2.75. The molecule has 1 N–H and O–H groups in total. The number of hydrogen-bond donors (Lipinski definition) is 1. The molecule has 0 bridgehead atoms. The highest BCUT2D eigenvalue weighted by atomic mass is 16.5. The molecule has 5 heteroatoms. The Bertz CT molecular complexity index is 492. The Balaban J connectivity index is 2.62. The highest BCUT2D eigenvalue weighted by molar-refractivity contribution is 6.00. The maximum atomic E-state index is 11.6. The zero-order valence-corrected chi connectivity index (χ0v) is 9.52. The quantitative estimate of drug-likeness (QED) is 0.743. The fourth-order valence-electron chi connectivity index (χ4n) is 1.95. The highest BCUT2D eigenvalue weighted by Gasteiger charge is 2.30. The van der Waals surface area contributed by atoms with E-state index in [1.54, 1.807) is 6.92 Å². The molecule has 0 aliphatic carbocycles. The molecule has 90 valence electrons. The van der Waals surface area contributed by atoms with Crippen LogP contribution in [0.15, 0.2) is 12.1 Å². The Morgan fingerprint density at radius 3 is 2.88 bits per heavy atom. The Morgan fingerprint density at radius 2 is 2.24 bits per heavy atom. The first-order valence-electron chi connectivity index (χ1n) is 5.18. The van der Waals surface area contributed by atoms with E-state index in [1.165, 1.54) is 19.2 Å². The molecule has 1 atom stereocenters. The van der Waals surface area contributed by atoms with Crippen LogP contribution >= 0.6 is 0 Å².